The van der Waals surface area contributed by atoms with Gasteiger partial charge in [0.1, 0.15) is 5.75 Å². The van der Waals surface area contributed by atoms with Crippen molar-refractivity contribution in [2.45, 2.75) is 25.6 Å². The second-order valence-corrected chi connectivity index (χ2v) is 6.03. The summed E-state index contributed by atoms with van der Waals surface area (Å²) in [6, 6.07) is 5.19. The molecule has 8 heteroatoms. The summed E-state index contributed by atoms with van der Waals surface area (Å²) in [5, 5.41) is 12.7. The van der Waals surface area contributed by atoms with E-state index in [2.05, 4.69) is 5.32 Å². The molecule has 0 bridgehead atoms. The molecule has 1 amide bonds. The van der Waals surface area contributed by atoms with Crippen LogP contribution in [-0.2, 0) is 14.3 Å². The van der Waals surface area contributed by atoms with E-state index in [1.807, 2.05) is 0 Å². The molecular formula is C16H21ClN2O5. The Bertz CT molecular complexity index is 610. The van der Waals surface area contributed by atoms with Gasteiger partial charge in [0.05, 0.1) is 25.4 Å². The largest absolute Gasteiger partial charge is 0.495 e. The van der Waals surface area contributed by atoms with Gasteiger partial charge in [0.2, 0.25) is 5.91 Å². The molecule has 1 saturated heterocycles. The minimum absolute atomic E-state index is 0.0684. The summed E-state index contributed by atoms with van der Waals surface area (Å²) in [5.41, 5.74) is 0.705. The maximum Gasteiger partial charge on any atom is 0.334 e. The summed E-state index contributed by atoms with van der Waals surface area (Å²) < 4.78 is 10.5. The number of benzene rings is 1. The first-order chi connectivity index (χ1) is 11.4. The summed E-state index contributed by atoms with van der Waals surface area (Å²) >= 11 is 5.96. The van der Waals surface area contributed by atoms with Gasteiger partial charge in [0, 0.05) is 24.5 Å². The lowest BCUT2D eigenvalue weighted by Gasteiger charge is -2.35. The van der Waals surface area contributed by atoms with Crippen LogP contribution >= 0.6 is 11.6 Å². The van der Waals surface area contributed by atoms with E-state index in [0.717, 1.165) is 0 Å². The van der Waals surface area contributed by atoms with Crippen molar-refractivity contribution < 1.29 is 24.2 Å². The highest BCUT2D eigenvalue weighted by molar-refractivity contribution is 6.30. The van der Waals surface area contributed by atoms with Crippen molar-refractivity contribution in [1.82, 2.24) is 4.90 Å². The van der Waals surface area contributed by atoms with E-state index in [1.165, 1.54) is 4.90 Å². The first-order valence-corrected chi connectivity index (χ1v) is 8.02. The molecule has 1 aromatic carbocycles. The summed E-state index contributed by atoms with van der Waals surface area (Å²) in [6.45, 7) is 2.60. The fraction of sp³-hybridized carbons (Fsp3) is 0.500. The SMILES string of the molecule is COc1ccc(Cl)cc1NCCC(=O)N1CC(C(=O)O)O[C@H](C)C1. The van der Waals surface area contributed by atoms with Crippen LogP contribution in [0.3, 0.4) is 0 Å². The van der Waals surface area contributed by atoms with E-state index >= 15 is 0 Å². The predicted octanol–water partition coefficient (Wildman–Crippen LogP) is 1.85. The minimum Gasteiger partial charge on any atom is -0.495 e. The van der Waals surface area contributed by atoms with Crippen LogP contribution in [0, 0.1) is 0 Å². The molecule has 2 rings (SSSR count). The highest BCUT2D eigenvalue weighted by Gasteiger charge is 2.32. The first kappa shape index (κ1) is 18.4. The quantitative estimate of drug-likeness (QED) is 0.808. The van der Waals surface area contributed by atoms with Crippen LogP contribution < -0.4 is 10.1 Å². The molecule has 7 nitrogen and oxygen atoms in total. The van der Waals surface area contributed by atoms with Gasteiger partial charge in [0.15, 0.2) is 6.10 Å². The molecule has 1 fully saturated rings. The van der Waals surface area contributed by atoms with Gasteiger partial charge >= 0.3 is 5.97 Å². The highest BCUT2D eigenvalue weighted by atomic mass is 35.5. The van der Waals surface area contributed by atoms with Crippen molar-refractivity contribution >= 4 is 29.2 Å². The zero-order valence-electron chi connectivity index (χ0n) is 13.6. The van der Waals surface area contributed by atoms with Gasteiger partial charge in [-0.2, -0.15) is 0 Å². The first-order valence-electron chi connectivity index (χ1n) is 7.64. The van der Waals surface area contributed by atoms with E-state index in [0.29, 0.717) is 29.5 Å². The molecule has 1 heterocycles. The number of aliphatic carboxylic acids is 1. The van der Waals surface area contributed by atoms with Crippen molar-refractivity contribution in [3.8, 4) is 5.75 Å². The molecule has 1 aromatic rings. The minimum atomic E-state index is -1.05. The second kappa shape index (κ2) is 8.21. The Hall–Kier alpha value is -1.99. The van der Waals surface area contributed by atoms with E-state index in [9.17, 15) is 9.59 Å². The number of carboxylic acids is 1. The van der Waals surface area contributed by atoms with Gasteiger partial charge in [0.25, 0.3) is 0 Å². The number of carbonyl (C=O) groups is 2. The molecule has 0 aliphatic carbocycles. The third kappa shape index (κ3) is 4.75. The van der Waals surface area contributed by atoms with Crippen LogP contribution in [0.5, 0.6) is 5.75 Å². The van der Waals surface area contributed by atoms with Crippen molar-refractivity contribution in [2.24, 2.45) is 0 Å². The number of carboxylic acid groups (broad SMARTS) is 1. The molecule has 2 N–H and O–H groups in total. The average molecular weight is 357 g/mol. The molecule has 0 saturated carbocycles. The smallest absolute Gasteiger partial charge is 0.334 e. The number of halogens is 1. The molecule has 1 aliphatic heterocycles. The number of anilines is 1. The van der Waals surface area contributed by atoms with Crippen LogP contribution in [0.2, 0.25) is 5.02 Å². The van der Waals surface area contributed by atoms with Crippen molar-refractivity contribution in [3.05, 3.63) is 23.2 Å². The maximum atomic E-state index is 12.3. The number of nitrogens with zero attached hydrogens (tertiary/aromatic N) is 1. The van der Waals surface area contributed by atoms with Gasteiger partial charge < -0.3 is 24.8 Å². The molecule has 2 atom stereocenters. The van der Waals surface area contributed by atoms with Gasteiger partial charge in [-0.15, -0.1) is 0 Å². The summed E-state index contributed by atoms with van der Waals surface area (Å²) in [4.78, 5) is 24.9. The Labute approximate surface area is 145 Å². The average Bonchev–Trinajstić information content (AvgIpc) is 2.54. The van der Waals surface area contributed by atoms with E-state index in [-0.39, 0.29) is 25.0 Å². The normalized spacial score (nSPS) is 20.5. The maximum absolute atomic E-state index is 12.3. The predicted molar refractivity (Wildman–Crippen MR) is 89.7 cm³/mol. The van der Waals surface area contributed by atoms with Gasteiger partial charge in [-0.05, 0) is 25.1 Å². The number of nitrogens with one attached hydrogen (secondary N) is 1. The molecule has 132 valence electrons. The zero-order valence-corrected chi connectivity index (χ0v) is 14.4. The molecule has 0 radical (unpaired) electrons. The Balaban J connectivity index is 1.89. The Morgan fingerprint density at radius 1 is 1.46 bits per heavy atom. The van der Waals surface area contributed by atoms with E-state index in [4.69, 9.17) is 26.2 Å². The highest BCUT2D eigenvalue weighted by Crippen LogP contribution is 2.27. The molecule has 1 unspecified atom stereocenters. The summed E-state index contributed by atoms with van der Waals surface area (Å²) in [5.74, 6) is -0.538. The topological polar surface area (TPSA) is 88.1 Å². The van der Waals surface area contributed by atoms with E-state index < -0.39 is 12.1 Å². The summed E-state index contributed by atoms with van der Waals surface area (Å²) in [7, 11) is 1.56. The number of morpholine rings is 1. The number of hydrogen-bond acceptors (Lipinski definition) is 5. The fourth-order valence-corrected chi connectivity index (χ4v) is 2.74. The number of rotatable bonds is 6. The van der Waals surface area contributed by atoms with Gasteiger partial charge in [-0.3, -0.25) is 4.79 Å². The molecular weight excluding hydrogens is 336 g/mol. The number of methoxy groups -OCH3 is 1. The van der Waals surface area contributed by atoms with Crippen LogP contribution in [0.15, 0.2) is 18.2 Å². The van der Waals surface area contributed by atoms with E-state index in [1.54, 1.807) is 32.2 Å². The Kier molecular flexibility index (Phi) is 6.28. The third-order valence-electron chi connectivity index (χ3n) is 3.70. The lowest BCUT2D eigenvalue weighted by molar-refractivity contribution is -0.166. The van der Waals surface area contributed by atoms with Crippen LogP contribution in [-0.4, -0.2) is 60.8 Å². The lowest BCUT2D eigenvalue weighted by Crippen LogP contribution is -2.52. The number of ether oxygens (including phenoxy) is 2. The van der Waals surface area contributed by atoms with Crippen molar-refractivity contribution in [3.63, 3.8) is 0 Å². The standard InChI is InChI=1S/C16H21ClN2O5/c1-10-8-19(9-14(24-10)16(21)22)15(20)5-6-18-12-7-11(17)3-4-13(12)23-2/h3-4,7,10,14,18H,5-6,8-9H2,1-2H3,(H,21,22)/t10-,14?/m1/s1. The monoisotopic (exact) mass is 356 g/mol. The molecule has 24 heavy (non-hydrogen) atoms. The Morgan fingerprint density at radius 2 is 2.21 bits per heavy atom. The molecule has 0 spiro atoms. The third-order valence-corrected chi connectivity index (χ3v) is 3.94. The van der Waals surface area contributed by atoms with Crippen LogP contribution in [0.25, 0.3) is 0 Å². The number of hydrogen-bond donors (Lipinski definition) is 2. The van der Waals surface area contributed by atoms with Gasteiger partial charge in [-0.1, -0.05) is 11.6 Å². The van der Waals surface area contributed by atoms with Crippen molar-refractivity contribution in [1.29, 1.82) is 0 Å². The Morgan fingerprint density at radius 3 is 2.88 bits per heavy atom. The summed E-state index contributed by atoms with van der Waals surface area (Å²) in [6.07, 6.45) is -1.04. The van der Waals surface area contributed by atoms with Gasteiger partial charge in [-0.25, -0.2) is 4.79 Å². The van der Waals surface area contributed by atoms with Crippen LogP contribution in [0.1, 0.15) is 13.3 Å². The second-order valence-electron chi connectivity index (χ2n) is 5.59. The number of amides is 1. The van der Waals surface area contributed by atoms with Crippen molar-refractivity contribution in [2.75, 3.05) is 32.1 Å². The molecule has 1 aliphatic rings. The number of carbonyl (C=O) groups excluding carboxylic acids is 1. The zero-order chi connectivity index (χ0) is 17.7. The van der Waals surface area contributed by atoms with Crippen LogP contribution in [0.4, 0.5) is 5.69 Å². The fourth-order valence-electron chi connectivity index (χ4n) is 2.57. The molecule has 0 aromatic heterocycles. The lowest BCUT2D eigenvalue weighted by atomic mass is 10.2.